The van der Waals surface area contributed by atoms with Gasteiger partial charge in [-0.15, -0.1) is 0 Å². The highest BCUT2D eigenvalue weighted by Gasteiger charge is 2.36. The van der Waals surface area contributed by atoms with Gasteiger partial charge in [-0.3, -0.25) is 9.59 Å². The summed E-state index contributed by atoms with van der Waals surface area (Å²) in [6.07, 6.45) is -1.80. The first-order chi connectivity index (χ1) is 19.6. The molecule has 0 radical (unpaired) electrons. The number of carbonyl (C=O) groups is 3. The van der Waals surface area contributed by atoms with Crippen molar-refractivity contribution in [1.82, 2.24) is 10.3 Å². The normalized spacial score (nSPS) is 21.2. The Hall–Kier alpha value is -3.87. The van der Waals surface area contributed by atoms with Gasteiger partial charge in [0.05, 0.1) is 13.2 Å². The van der Waals surface area contributed by atoms with Gasteiger partial charge < -0.3 is 29.0 Å². The van der Waals surface area contributed by atoms with Gasteiger partial charge in [-0.25, -0.2) is 22.9 Å². The number of hydrogen-bond donors (Lipinski definition) is 1. The molecule has 0 unspecified atom stereocenters. The van der Waals surface area contributed by atoms with Crippen LogP contribution in [0.4, 0.5) is 13.2 Å². The first kappa shape index (κ1) is 31.7. The van der Waals surface area contributed by atoms with E-state index in [0.29, 0.717) is 19.3 Å². The number of cyclic esters (lactones) is 1. The largest absolute Gasteiger partial charge is 0.493 e. The number of pyridine rings is 1. The van der Waals surface area contributed by atoms with Crippen LogP contribution in [-0.4, -0.2) is 68.0 Å². The number of amides is 1. The predicted molar refractivity (Wildman–Crippen MR) is 138 cm³/mol. The van der Waals surface area contributed by atoms with E-state index in [1.807, 2.05) is 0 Å². The van der Waals surface area contributed by atoms with Crippen molar-refractivity contribution in [2.45, 2.75) is 64.2 Å². The van der Waals surface area contributed by atoms with E-state index in [4.69, 9.17) is 23.7 Å². The van der Waals surface area contributed by atoms with E-state index in [0.717, 1.165) is 5.56 Å². The number of alkyl halides is 2. The third-order valence-corrected chi connectivity index (χ3v) is 6.48. The zero-order valence-electron chi connectivity index (χ0n) is 22.9. The van der Waals surface area contributed by atoms with Crippen molar-refractivity contribution in [2.75, 3.05) is 20.5 Å². The van der Waals surface area contributed by atoms with Gasteiger partial charge in [0.25, 0.3) is 12.3 Å². The van der Waals surface area contributed by atoms with Crippen molar-refractivity contribution in [2.24, 2.45) is 5.92 Å². The quantitative estimate of drug-likeness (QED) is 0.311. The smallest absolute Gasteiger partial charge is 0.329 e. The number of nitrogens with zero attached hydrogens (tertiary/aromatic N) is 1. The first-order valence-corrected chi connectivity index (χ1v) is 13.0. The molecule has 13 heteroatoms. The minimum atomic E-state index is -2.73. The van der Waals surface area contributed by atoms with Crippen LogP contribution < -0.4 is 14.8 Å². The van der Waals surface area contributed by atoms with Crippen LogP contribution in [0.5, 0.6) is 11.5 Å². The van der Waals surface area contributed by atoms with Gasteiger partial charge in [-0.2, -0.15) is 0 Å². The van der Waals surface area contributed by atoms with Gasteiger partial charge in [0.2, 0.25) is 6.79 Å². The molecule has 224 valence electrons. The van der Waals surface area contributed by atoms with Crippen LogP contribution in [0.2, 0.25) is 0 Å². The fourth-order valence-corrected chi connectivity index (χ4v) is 4.60. The number of halogens is 3. The average Bonchev–Trinajstić information content (AvgIpc) is 2.97. The molecule has 1 N–H and O–H groups in total. The highest BCUT2D eigenvalue weighted by Crippen LogP contribution is 2.31. The second-order valence-corrected chi connectivity index (χ2v) is 9.47. The molecule has 4 atom stereocenters. The van der Waals surface area contributed by atoms with Crippen LogP contribution >= 0.6 is 0 Å². The summed E-state index contributed by atoms with van der Waals surface area (Å²) in [6.45, 7) is 1.38. The number of rotatable bonds is 11. The van der Waals surface area contributed by atoms with E-state index in [-0.39, 0.29) is 29.5 Å². The van der Waals surface area contributed by atoms with Gasteiger partial charge in [0.1, 0.15) is 24.6 Å². The maximum absolute atomic E-state index is 13.4. The van der Waals surface area contributed by atoms with Gasteiger partial charge >= 0.3 is 11.9 Å². The molecule has 41 heavy (non-hydrogen) atoms. The maximum atomic E-state index is 13.4. The number of methoxy groups -OCH3 is 1. The Kier molecular flexibility index (Phi) is 11.7. The van der Waals surface area contributed by atoms with Gasteiger partial charge in [0, 0.05) is 19.2 Å². The summed E-state index contributed by atoms with van der Waals surface area (Å²) in [5, 5.41) is 2.61. The molecular formula is C28H33F3N2O8. The molecule has 1 aromatic heterocycles. The van der Waals surface area contributed by atoms with Crippen LogP contribution in [-0.2, 0) is 30.2 Å². The van der Waals surface area contributed by atoms with Crippen LogP contribution in [0.3, 0.4) is 0 Å². The van der Waals surface area contributed by atoms with Crippen molar-refractivity contribution >= 4 is 17.8 Å². The second kappa shape index (κ2) is 15.2. The van der Waals surface area contributed by atoms with Crippen LogP contribution in [0.25, 0.3) is 0 Å². The Labute approximate surface area is 235 Å². The number of carbonyl (C=O) groups excluding carboxylic acids is 3. The van der Waals surface area contributed by atoms with Crippen LogP contribution in [0.1, 0.15) is 49.2 Å². The van der Waals surface area contributed by atoms with Crippen molar-refractivity contribution in [3.8, 4) is 11.5 Å². The van der Waals surface area contributed by atoms with Gasteiger partial charge in [0.15, 0.2) is 17.2 Å². The molecule has 0 aliphatic carbocycles. The Bertz CT molecular complexity index is 1180. The zero-order chi connectivity index (χ0) is 29.9. The third kappa shape index (κ3) is 9.34. The third-order valence-electron chi connectivity index (χ3n) is 6.48. The predicted octanol–water partition coefficient (Wildman–Crippen LogP) is 3.85. The Morgan fingerprint density at radius 1 is 1.17 bits per heavy atom. The number of hydrogen-bond acceptors (Lipinski definition) is 9. The number of aromatic nitrogens is 1. The summed E-state index contributed by atoms with van der Waals surface area (Å²) in [4.78, 5) is 41.5. The SMILES string of the molecule is COc1ccnc(C(=O)N[C@H]2CCC[C@H](Cc3ccc(F)cc3)[C@@H](OCC(F)F)[C@H](C)OC2=O)c1OCOC(C)=O. The molecule has 0 bridgehead atoms. The average molecular weight is 583 g/mol. The lowest BCUT2D eigenvalue weighted by molar-refractivity contribution is -0.163. The monoisotopic (exact) mass is 582 g/mol. The van der Waals surface area contributed by atoms with Crippen molar-refractivity contribution in [3.05, 3.63) is 53.6 Å². The molecule has 1 saturated heterocycles. The number of esters is 2. The fourth-order valence-electron chi connectivity index (χ4n) is 4.60. The molecule has 0 spiro atoms. The van der Waals surface area contributed by atoms with Gasteiger partial charge in [-0.05, 0) is 49.8 Å². The fraction of sp³-hybridized carbons (Fsp3) is 0.500. The summed E-state index contributed by atoms with van der Waals surface area (Å²) in [5.41, 5.74) is 0.555. The number of nitrogens with one attached hydrogen (secondary N) is 1. The van der Waals surface area contributed by atoms with Crippen LogP contribution in [0.15, 0.2) is 36.5 Å². The zero-order valence-corrected chi connectivity index (χ0v) is 22.9. The molecule has 1 fully saturated rings. The molecule has 10 nitrogen and oxygen atoms in total. The molecule has 1 amide bonds. The standard InChI is InChI=1S/C28H33F3N2O8/c1-16-25(38-14-23(30)31)19(13-18-7-9-20(29)10-8-18)5-4-6-21(28(36)41-16)33-27(35)24-26(40-15-39-17(2)34)22(37-3)11-12-32-24/h7-12,16,19,21,23,25H,4-6,13-15H2,1-3H3,(H,33,35)/t16-,19+,21-,25-/m0/s1. The van der Waals surface area contributed by atoms with E-state index in [2.05, 4.69) is 10.3 Å². The van der Waals surface area contributed by atoms with Crippen LogP contribution in [0, 0.1) is 11.7 Å². The topological polar surface area (TPSA) is 122 Å². The van der Waals surface area contributed by atoms with Crippen molar-refractivity contribution in [1.29, 1.82) is 0 Å². The summed E-state index contributed by atoms with van der Waals surface area (Å²) < 4.78 is 66.1. The summed E-state index contributed by atoms with van der Waals surface area (Å²) in [7, 11) is 1.35. The van der Waals surface area contributed by atoms with Crippen molar-refractivity contribution in [3.63, 3.8) is 0 Å². The molecule has 2 heterocycles. The second-order valence-electron chi connectivity index (χ2n) is 9.47. The molecule has 1 aromatic carbocycles. The minimum Gasteiger partial charge on any atom is -0.493 e. The van der Waals surface area contributed by atoms with E-state index < -0.39 is 61.7 Å². The van der Waals surface area contributed by atoms with Gasteiger partial charge in [-0.1, -0.05) is 18.6 Å². The molecule has 3 rings (SSSR count). The summed E-state index contributed by atoms with van der Waals surface area (Å²) in [5.74, 6) is -2.84. The minimum absolute atomic E-state index is 0.0987. The highest BCUT2D eigenvalue weighted by atomic mass is 19.3. The number of benzene rings is 1. The van der Waals surface area contributed by atoms with E-state index in [1.54, 1.807) is 19.1 Å². The molecular weight excluding hydrogens is 549 g/mol. The summed E-state index contributed by atoms with van der Waals surface area (Å²) in [6, 6.07) is 6.18. The Morgan fingerprint density at radius 2 is 1.90 bits per heavy atom. The lowest BCUT2D eigenvalue weighted by atomic mass is 9.87. The Balaban J connectivity index is 1.79. The first-order valence-electron chi connectivity index (χ1n) is 13.0. The Morgan fingerprint density at radius 3 is 2.56 bits per heavy atom. The lowest BCUT2D eigenvalue weighted by Gasteiger charge is -2.31. The van der Waals surface area contributed by atoms with Crippen molar-refractivity contribution < 1.29 is 51.2 Å². The highest BCUT2D eigenvalue weighted by molar-refractivity contribution is 5.98. The molecule has 0 saturated carbocycles. The molecule has 1 aliphatic rings. The van der Waals surface area contributed by atoms with E-state index in [9.17, 15) is 27.6 Å². The maximum Gasteiger partial charge on any atom is 0.329 e. The molecule has 1 aliphatic heterocycles. The number of ether oxygens (including phenoxy) is 5. The molecule has 2 aromatic rings. The lowest BCUT2D eigenvalue weighted by Crippen LogP contribution is -2.45. The summed E-state index contributed by atoms with van der Waals surface area (Å²) >= 11 is 0. The van der Waals surface area contributed by atoms with E-state index >= 15 is 0 Å². The van der Waals surface area contributed by atoms with E-state index in [1.165, 1.54) is 38.4 Å².